The van der Waals surface area contributed by atoms with Crippen LogP contribution in [0.2, 0.25) is 0 Å². The Morgan fingerprint density at radius 1 is 1.50 bits per heavy atom. The van der Waals surface area contributed by atoms with Crippen molar-refractivity contribution in [3.05, 3.63) is 22.4 Å². The van der Waals surface area contributed by atoms with Crippen LogP contribution in [0.3, 0.4) is 0 Å². The van der Waals surface area contributed by atoms with Crippen molar-refractivity contribution < 1.29 is 4.79 Å². The Labute approximate surface area is 119 Å². The first-order valence-electron chi connectivity index (χ1n) is 6.25. The summed E-state index contributed by atoms with van der Waals surface area (Å²) in [6, 6.07) is 4.20. The molecular formula is C13H21ClN2OS. The van der Waals surface area contributed by atoms with Crippen molar-refractivity contribution in [2.75, 3.05) is 26.7 Å². The number of piperidine rings is 1. The fraction of sp³-hybridized carbons (Fsp3) is 0.615. The van der Waals surface area contributed by atoms with Crippen molar-refractivity contribution in [1.29, 1.82) is 0 Å². The third kappa shape index (κ3) is 4.26. The van der Waals surface area contributed by atoms with E-state index < -0.39 is 0 Å². The number of carbonyl (C=O) groups excluding carboxylic acids is 1. The molecule has 3 nitrogen and oxygen atoms in total. The fourth-order valence-electron chi connectivity index (χ4n) is 2.22. The van der Waals surface area contributed by atoms with Gasteiger partial charge in [-0.1, -0.05) is 6.07 Å². The zero-order valence-corrected chi connectivity index (χ0v) is 12.4. The molecule has 1 aromatic heterocycles. The van der Waals surface area contributed by atoms with Gasteiger partial charge in [0, 0.05) is 24.4 Å². The maximum Gasteiger partial charge on any atom is 0.225 e. The maximum absolute atomic E-state index is 12.2. The molecule has 0 atom stereocenters. The van der Waals surface area contributed by atoms with Crippen molar-refractivity contribution >= 4 is 29.7 Å². The van der Waals surface area contributed by atoms with Gasteiger partial charge in [-0.25, -0.2) is 0 Å². The van der Waals surface area contributed by atoms with E-state index in [1.165, 1.54) is 4.88 Å². The lowest BCUT2D eigenvalue weighted by molar-refractivity contribution is -0.134. The second kappa shape index (κ2) is 7.77. The van der Waals surface area contributed by atoms with E-state index in [1.807, 2.05) is 11.9 Å². The van der Waals surface area contributed by atoms with Crippen LogP contribution in [0.15, 0.2) is 17.5 Å². The topological polar surface area (TPSA) is 32.3 Å². The maximum atomic E-state index is 12.2. The second-order valence-electron chi connectivity index (χ2n) is 4.61. The zero-order valence-electron chi connectivity index (χ0n) is 10.7. The van der Waals surface area contributed by atoms with Crippen molar-refractivity contribution in [2.24, 2.45) is 5.92 Å². The Hall–Kier alpha value is -0.580. The molecule has 0 aliphatic carbocycles. The summed E-state index contributed by atoms with van der Waals surface area (Å²) < 4.78 is 0. The summed E-state index contributed by atoms with van der Waals surface area (Å²) in [4.78, 5) is 15.4. The van der Waals surface area contributed by atoms with Crippen LogP contribution in [0.25, 0.3) is 0 Å². The molecule has 0 spiro atoms. The molecule has 0 saturated carbocycles. The molecule has 1 saturated heterocycles. The molecule has 1 aliphatic rings. The van der Waals surface area contributed by atoms with Gasteiger partial charge in [0.15, 0.2) is 0 Å². The number of nitrogens with zero attached hydrogens (tertiary/aromatic N) is 1. The smallest absolute Gasteiger partial charge is 0.225 e. The van der Waals surface area contributed by atoms with Crippen molar-refractivity contribution in [1.82, 2.24) is 10.2 Å². The van der Waals surface area contributed by atoms with Crippen LogP contribution in [0.4, 0.5) is 0 Å². The van der Waals surface area contributed by atoms with Gasteiger partial charge in [0.05, 0.1) is 0 Å². The highest BCUT2D eigenvalue weighted by molar-refractivity contribution is 7.09. The highest BCUT2D eigenvalue weighted by Gasteiger charge is 2.23. The Morgan fingerprint density at radius 3 is 2.83 bits per heavy atom. The normalized spacial score (nSPS) is 16.1. The zero-order chi connectivity index (χ0) is 12.1. The number of carbonyl (C=O) groups is 1. The minimum Gasteiger partial charge on any atom is -0.345 e. The molecule has 0 bridgehead atoms. The van der Waals surface area contributed by atoms with Crippen molar-refractivity contribution in [2.45, 2.75) is 19.3 Å². The lowest BCUT2D eigenvalue weighted by atomic mass is 9.97. The molecule has 5 heteroatoms. The summed E-state index contributed by atoms with van der Waals surface area (Å²) in [6.45, 7) is 2.80. The van der Waals surface area contributed by atoms with E-state index >= 15 is 0 Å². The molecule has 102 valence electrons. The fourth-order valence-corrected chi connectivity index (χ4v) is 2.92. The Balaban J connectivity index is 0.00000162. The third-order valence-corrected chi connectivity index (χ3v) is 4.27. The number of amides is 1. The van der Waals surface area contributed by atoms with E-state index in [2.05, 4.69) is 22.8 Å². The van der Waals surface area contributed by atoms with Crippen LogP contribution in [-0.2, 0) is 11.2 Å². The number of thiophene rings is 1. The Bertz CT molecular complexity index is 350. The minimum absolute atomic E-state index is 0. The number of halogens is 1. The first-order valence-corrected chi connectivity index (χ1v) is 7.13. The van der Waals surface area contributed by atoms with Gasteiger partial charge in [0.25, 0.3) is 0 Å². The largest absolute Gasteiger partial charge is 0.345 e. The second-order valence-corrected chi connectivity index (χ2v) is 5.65. The number of likely N-dealkylation sites (N-methyl/N-ethyl adjacent to an activating group) is 1. The van der Waals surface area contributed by atoms with Crippen LogP contribution in [0, 0.1) is 5.92 Å². The van der Waals surface area contributed by atoms with Crippen LogP contribution >= 0.6 is 23.7 Å². The molecule has 1 aliphatic heterocycles. The summed E-state index contributed by atoms with van der Waals surface area (Å²) >= 11 is 1.76. The van der Waals surface area contributed by atoms with Crippen molar-refractivity contribution in [3.63, 3.8) is 0 Å². The summed E-state index contributed by atoms with van der Waals surface area (Å²) in [6.07, 6.45) is 2.95. The van der Waals surface area contributed by atoms with Crippen LogP contribution < -0.4 is 5.32 Å². The Morgan fingerprint density at radius 2 is 2.22 bits per heavy atom. The summed E-state index contributed by atoms with van der Waals surface area (Å²) in [5, 5.41) is 5.38. The first kappa shape index (κ1) is 15.5. The third-order valence-electron chi connectivity index (χ3n) is 3.34. The lowest BCUT2D eigenvalue weighted by Crippen LogP contribution is -2.39. The Kier molecular flexibility index (Phi) is 6.68. The van der Waals surface area contributed by atoms with Gasteiger partial charge in [-0.15, -0.1) is 23.7 Å². The molecule has 1 N–H and O–H groups in total. The van der Waals surface area contributed by atoms with Gasteiger partial charge >= 0.3 is 0 Å². The standard InChI is InChI=1S/C13H20N2OS.ClH/c1-15(9-6-12-3-2-10-17-12)13(16)11-4-7-14-8-5-11;/h2-3,10-11,14H,4-9H2,1H3;1H. The van der Waals surface area contributed by atoms with Crippen molar-refractivity contribution in [3.8, 4) is 0 Å². The summed E-state index contributed by atoms with van der Waals surface area (Å²) in [5.74, 6) is 0.563. The van der Waals surface area contributed by atoms with E-state index in [1.54, 1.807) is 11.3 Å². The van der Waals surface area contributed by atoms with Gasteiger partial charge in [0.1, 0.15) is 0 Å². The SMILES string of the molecule is CN(CCc1cccs1)C(=O)C1CCNCC1.Cl. The molecule has 2 rings (SSSR count). The van der Waals surface area contributed by atoms with E-state index in [0.717, 1.165) is 38.9 Å². The average Bonchev–Trinajstić information content (AvgIpc) is 2.89. The van der Waals surface area contributed by atoms with E-state index in [4.69, 9.17) is 0 Å². The monoisotopic (exact) mass is 288 g/mol. The quantitative estimate of drug-likeness (QED) is 0.921. The van der Waals surface area contributed by atoms with E-state index in [-0.39, 0.29) is 18.3 Å². The minimum atomic E-state index is 0. The molecule has 1 amide bonds. The lowest BCUT2D eigenvalue weighted by Gasteiger charge is -2.26. The van der Waals surface area contributed by atoms with E-state index in [0.29, 0.717) is 5.91 Å². The van der Waals surface area contributed by atoms with Gasteiger partial charge < -0.3 is 10.2 Å². The predicted molar refractivity (Wildman–Crippen MR) is 78.5 cm³/mol. The molecule has 0 aromatic carbocycles. The molecular weight excluding hydrogens is 268 g/mol. The van der Waals surface area contributed by atoms with Crippen LogP contribution in [-0.4, -0.2) is 37.5 Å². The molecule has 2 heterocycles. The number of rotatable bonds is 4. The highest BCUT2D eigenvalue weighted by Crippen LogP contribution is 2.15. The predicted octanol–water partition coefficient (Wildman–Crippen LogP) is 2.17. The number of hydrogen-bond donors (Lipinski definition) is 1. The number of nitrogens with one attached hydrogen (secondary N) is 1. The van der Waals surface area contributed by atoms with E-state index in [9.17, 15) is 4.79 Å². The first-order chi connectivity index (χ1) is 8.27. The van der Waals surface area contributed by atoms with Crippen LogP contribution in [0.1, 0.15) is 17.7 Å². The van der Waals surface area contributed by atoms with Gasteiger partial charge in [-0.05, 0) is 43.8 Å². The molecule has 1 aromatic rings. The highest BCUT2D eigenvalue weighted by atomic mass is 35.5. The van der Waals surface area contributed by atoms with Gasteiger partial charge in [0.2, 0.25) is 5.91 Å². The summed E-state index contributed by atoms with van der Waals surface area (Å²) in [5.41, 5.74) is 0. The number of hydrogen-bond acceptors (Lipinski definition) is 3. The molecule has 1 fully saturated rings. The van der Waals surface area contributed by atoms with Gasteiger partial charge in [-0.3, -0.25) is 4.79 Å². The van der Waals surface area contributed by atoms with Gasteiger partial charge in [-0.2, -0.15) is 0 Å². The molecule has 0 radical (unpaired) electrons. The summed E-state index contributed by atoms with van der Waals surface area (Å²) in [7, 11) is 1.93. The average molecular weight is 289 g/mol. The molecule has 0 unspecified atom stereocenters. The van der Waals surface area contributed by atoms with Crippen LogP contribution in [0.5, 0.6) is 0 Å². The molecule has 18 heavy (non-hydrogen) atoms.